The molecule has 0 aliphatic carbocycles. The number of hydrogen-bond donors (Lipinski definition) is 0. The highest BCUT2D eigenvalue weighted by atomic mass is 16.5. The first-order valence-corrected chi connectivity index (χ1v) is 9.71. The molecule has 7 nitrogen and oxygen atoms in total. The van der Waals surface area contributed by atoms with E-state index in [1.165, 1.54) is 0 Å². The molecule has 7 heteroatoms. The predicted molar refractivity (Wildman–Crippen MR) is 99.9 cm³/mol. The van der Waals surface area contributed by atoms with Crippen LogP contribution in [0.15, 0.2) is 24.3 Å². The molecule has 0 aromatic heterocycles. The molecule has 2 aliphatic rings. The smallest absolute Gasteiger partial charge is 0.260 e. The molecule has 0 saturated carbocycles. The molecule has 1 aromatic carbocycles. The molecule has 1 aromatic rings. The third-order valence-corrected chi connectivity index (χ3v) is 4.86. The Morgan fingerprint density at radius 1 is 1.00 bits per heavy atom. The van der Waals surface area contributed by atoms with Gasteiger partial charge in [0.15, 0.2) is 6.61 Å². The molecule has 2 heterocycles. The van der Waals surface area contributed by atoms with Crippen molar-refractivity contribution >= 4 is 11.8 Å². The fourth-order valence-corrected chi connectivity index (χ4v) is 3.40. The molecular formula is C20H28N2O5. The minimum absolute atomic E-state index is 0.00629. The Morgan fingerprint density at radius 3 is 2.33 bits per heavy atom. The van der Waals surface area contributed by atoms with Gasteiger partial charge in [-0.15, -0.1) is 0 Å². The number of benzene rings is 1. The second-order valence-electron chi connectivity index (χ2n) is 6.75. The van der Waals surface area contributed by atoms with E-state index in [1.807, 2.05) is 24.0 Å². The quantitative estimate of drug-likeness (QED) is 0.756. The lowest BCUT2D eigenvalue weighted by molar-refractivity contribution is -0.141. The maximum absolute atomic E-state index is 12.5. The highest BCUT2D eigenvalue weighted by molar-refractivity contribution is 5.81. The Hall–Kier alpha value is -2.28. The molecule has 148 valence electrons. The van der Waals surface area contributed by atoms with E-state index in [4.69, 9.17) is 14.2 Å². The first-order valence-electron chi connectivity index (χ1n) is 9.71. The van der Waals surface area contributed by atoms with Gasteiger partial charge in [0.05, 0.1) is 6.61 Å². The van der Waals surface area contributed by atoms with Crippen molar-refractivity contribution in [2.45, 2.75) is 32.3 Å². The minimum atomic E-state index is -0.296. The Labute approximate surface area is 160 Å². The molecule has 2 saturated heterocycles. The molecular weight excluding hydrogens is 348 g/mol. The van der Waals surface area contributed by atoms with E-state index in [-0.39, 0.29) is 24.5 Å². The van der Waals surface area contributed by atoms with Crippen LogP contribution in [0.1, 0.15) is 26.2 Å². The summed E-state index contributed by atoms with van der Waals surface area (Å²) in [7, 11) is 0. The number of ether oxygens (including phenoxy) is 3. The van der Waals surface area contributed by atoms with Gasteiger partial charge in [0.2, 0.25) is 0 Å². The van der Waals surface area contributed by atoms with Crippen molar-refractivity contribution in [3.63, 3.8) is 0 Å². The molecule has 0 radical (unpaired) electrons. The Kier molecular flexibility index (Phi) is 6.92. The highest BCUT2D eigenvalue weighted by Gasteiger charge is 2.30. The molecule has 3 rings (SSSR count). The SMILES string of the molecule is CCOc1ccc(OCC(=O)N2CCCN(C(=O)C3CCCO3)CC2)cc1. The van der Waals surface area contributed by atoms with Gasteiger partial charge < -0.3 is 24.0 Å². The van der Waals surface area contributed by atoms with Crippen LogP contribution in [0.5, 0.6) is 11.5 Å². The second kappa shape index (κ2) is 9.60. The molecule has 2 aliphatic heterocycles. The fourth-order valence-electron chi connectivity index (χ4n) is 3.40. The average molecular weight is 376 g/mol. The molecule has 1 atom stereocenters. The largest absolute Gasteiger partial charge is 0.494 e. The second-order valence-corrected chi connectivity index (χ2v) is 6.75. The minimum Gasteiger partial charge on any atom is -0.494 e. The summed E-state index contributed by atoms with van der Waals surface area (Å²) >= 11 is 0. The van der Waals surface area contributed by atoms with Crippen molar-refractivity contribution in [1.29, 1.82) is 0 Å². The van der Waals surface area contributed by atoms with Crippen LogP contribution in [0.2, 0.25) is 0 Å². The molecule has 0 N–H and O–H groups in total. The summed E-state index contributed by atoms with van der Waals surface area (Å²) in [5, 5.41) is 0. The van der Waals surface area contributed by atoms with Crippen LogP contribution in [0.3, 0.4) is 0 Å². The maximum atomic E-state index is 12.5. The van der Waals surface area contributed by atoms with Gasteiger partial charge in [0.25, 0.3) is 11.8 Å². The van der Waals surface area contributed by atoms with E-state index in [1.54, 1.807) is 17.0 Å². The lowest BCUT2D eigenvalue weighted by Crippen LogP contribution is -2.42. The Balaban J connectivity index is 1.45. The van der Waals surface area contributed by atoms with Crippen molar-refractivity contribution in [2.24, 2.45) is 0 Å². The summed E-state index contributed by atoms with van der Waals surface area (Å²) in [5.41, 5.74) is 0. The Morgan fingerprint density at radius 2 is 1.67 bits per heavy atom. The summed E-state index contributed by atoms with van der Waals surface area (Å²) in [6.07, 6.45) is 2.22. The van der Waals surface area contributed by atoms with Crippen LogP contribution < -0.4 is 9.47 Å². The number of amides is 2. The number of rotatable bonds is 6. The molecule has 2 fully saturated rings. The topological polar surface area (TPSA) is 68.3 Å². The number of carbonyl (C=O) groups is 2. The first kappa shape index (κ1) is 19.5. The van der Waals surface area contributed by atoms with Crippen molar-refractivity contribution in [1.82, 2.24) is 9.80 Å². The van der Waals surface area contributed by atoms with Gasteiger partial charge in [-0.2, -0.15) is 0 Å². The standard InChI is InChI=1S/C20H28N2O5/c1-2-25-16-6-8-17(9-7-16)27-15-19(23)21-10-4-11-22(13-12-21)20(24)18-5-3-14-26-18/h6-9,18H,2-5,10-15H2,1H3. The zero-order valence-electron chi connectivity index (χ0n) is 15.9. The lowest BCUT2D eigenvalue weighted by Gasteiger charge is -2.24. The third kappa shape index (κ3) is 5.35. The highest BCUT2D eigenvalue weighted by Crippen LogP contribution is 2.18. The molecule has 27 heavy (non-hydrogen) atoms. The first-order chi connectivity index (χ1) is 13.2. The number of carbonyl (C=O) groups excluding carboxylic acids is 2. The van der Waals surface area contributed by atoms with Crippen molar-refractivity contribution in [3.05, 3.63) is 24.3 Å². The summed E-state index contributed by atoms with van der Waals surface area (Å²) in [6.45, 7) is 5.59. The van der Waals surface area contributed by atoms with Crippen LogP contribution in [0, 0.1) is 0 Å². The molecule has 0 spiro atoms. The van der Waals surface area contributed by atoms with Gasteiger partial charge in [-0.25, -0.2) is 0 Å². The van der Waals surface area contributed by atoms with Gasteiger partial charge in [-0.05, 0) is 50.5 Å². The van der Waals surface area contributed by atoms with Crippen LogP contribution in [0.25, 0.3) is 0 Å². The lowest BCUT2D eigenvalue weighted by atomic mass is 10.2. The fraction of sp³-hybridized carbons (Fsp3) is 0.600. The van der Waals surface area contributed by atoms with Crippen LogP contribution in [0.4, 0.5) is 0 Å². The van der Waals surface area contributed by atoms with E-state index in [9.17, 15) is 9.59 Å². The summed E-state index contributed by atoms with van der Waals surface area (Å²) in [6, 6.07) is 7.24. The van der Waals surface area contributed by atoms with E-state index < -0.39 is 0 Å². The third-order valence-electron chi connectivity index (χ3n) is 4.86. The van der Waals surface area contributed by atoms with Gasteiger partial charge in [-0.3, -0.25) is 9.59 Å². The molecule has 1 unspecified atom stereocenters. The average Bonchev–Trinajstić information content (AvgIpc) is 3.11. The van der Waals surface area contributed by atoms with Gasteiger partial charge in [0.1, 0.15) is 17.6 Å². The predicted octanol–water partition coefficient (Wildman–Crippen LogP) is 1.70. The van der Waals surface area contributed by atoms with Gasteiger partial charge in [0, 0.05) is 32.8 Å². The molecule has 0 bridgehead atoms. The number of nitrogens with zero attached hydrogens (tertiary/aromatic N) is 2. The Bertz CT molecular complexity index is 628. The van der Waals surface area contributed by atoms with E-state index in [0.29, 0.717) is 45.1 Å². The normalized spacial score (nSPS) is 20.3. The zero-order chi connectivity index (χ0) is 19.1. The molecule has 2 amide bonds. The van der Waals surface area contributed by atoms with Gasteiger partial charge >= 0.3 is 0 Å². The zero-order valence-corrected chi connectivity index (χ0v) is 15.9. The summed E-state index contributed by atoms with van der Waals surface area (Å²) in [4.78, 5) is 28.6. The van der Waals surface area contributed by atoms with Crippen LogP contribution in [-0.2, 0) is 14.3 Å². The van der Waals surface area contributed by atoms with Crippen molar-refractivity contribution < 1.29 is 23.8 Å². The van der Waals surface area contributed by atoms with Crippen LogP contribution >= 0.6 is 0 Å². The van der Waals surface area contributed by atoms with E-state index in [2.05, 4.69) is 0 Å². The number of hydrogen-bond acceptors (Lipinski definition) is 5. The summed E-state index contributed by atoms with van der Waals surface area (Å²) < 4.78 is 16.5. The van der Waals surface area contributed by atoms with Crippen molar-refractivity contribution in [3.8, 4) is 11.5 Å². The van der Waals surface area contributed by atoms with E-state index in [0.717, 1.165) is 25.0 Å². The van der Waals surface area contributed by atoms with Crippen molar-refractivity contribution in [2.75, 3.05) is 46.0 Å². The maximum Gasteiger partial charge on any atom is 0.260 e. The van der Waals surface area contributed by atoms with Gasteiger partial charge in [-0.1, -0.05) is 0 Å². The van der Waals surface area contributed by atoms with E-state index >= 15 is 0 Å². The monoisotopic (exact) mass is 376 g/mol. The van der Waals surface area contributed by atoms with Crippen LogP contribution in [-0.4, -0.2) is 73.7 Å². The summed E-state index contributed by atoms with van der Waals surface area (Å²) in [5.74, 6) is 1.42.